The zero-order chi connectivity index (χ0) is 39.9. The molecule has 0 aliphatic rings. The van der Waals surface area contributed by atoms with Gasteiger partial charge in [-0.25, -0.2) is 0 Å². The van der Waals surface area contributed by atoms with Gasteiger partial charge in [0, 0.05) is 28.1 Å². The molecule has 4 aromatic heterocycles. The van der Waals surface area contributed by atoms with Crippen LogP contribution in [0, 0.1) is 19.1 Å². The summed E-state index contributed by atoms with van der Waals surface area (Å²) < 4.78 is 17.1. The topological polar surface area (TPSA) is 57.5 Å². The summed E-state index contributed by atoms with van der Waals surface area (Å²) in [7, 11) is 0. The van der Waals surface area contributed by atoms with Crippen LogP contribution in [0.3, 0.4) is 0 Å². The van der Waals surface area contributed by atoms with E-state index in [4.69, 9.17) is 19.1 Å². The van der Waals surface area contributed by atoms with E-state index in [1.165, 1.54) is 27.9 Å². The molecule has 7 heteroatoms. The maximum Gasteiger partial charge on any atom is 2.00 e. The number of pyridine rings is 1. The normalized spacial score (nSPS) is 11.9. The van der Waals surface area contributed by atoms with Gasteiger partial charge in [0.25, 0.3) is 0 Å². The van der Waals surface area contributed by atoms with Gasteiger partial charge in [0.1, 0.15) is 5.58 Å². The van der Waals surface area contributed by atoms with Gasteiger partial charge >= 0.3 is 21.1 Å². The number of aryl methyl sites for hydroxylation is 1. The van der Waals surface area contributed by atoms with E-state index in [2.05, 4.69) is 165 Å². The maximum absolute atomic E-state index is 6.67. The van der Waals surface area contributed by atoms with E-state index in [9.17, 15) is 0 Å². The van der Waals surface area contributed by atoms with E-state index in [1.807, 2.05) is 24.3 Å². The van der Waals surface area contributed by atoms with E-state index < -0.39 is 0 Å². The average Bonchev–Trinajstić information content (AvgIpc) is 4.00. The molecule has 11 rings (SSSR count). The van der Waals surface area contributed by atoms with Crippen molar-refractivity contribution in [1.29, 1.82) is 0 Å². The first-order valence-corrected chi connectivity index (χ1v) is 20.3. The summed E-state index contributed by atoms with van der Waals surface area (Å²) in [5.41, 5.74) is 14.8. The SMILES string of the molecule is Cc1cc2occc2c2nc3c4[c-]c(Oc5[c-]c(-c6nc7ccccc7n6-c6c(C(C)C)cc(-c7ccccc7)cc6C(C)C)ccc5)ccc4c4ccccc4n3c12.[Pt+2]. The molecule has 7 aromatic carbocycles. The Morgan fingerprint density at radius 2 is 1.35 bits per heavy atom. The predicted octanol–water partition coefficient (Wildman–Crippen LogP) is 14.2. The van der Waals surface area contributed by atoms with Crippen LogP contribution in [-0.2, 0) is 21.1 Å². The van der Waals surface area contributed by atoms with Crippen molar-refractivity contribution in [3.8, 4) is 39.7 Å². The van der Waals surface area contributed by atoms with Crippen LogP contribution in [0.5, 0.6) is 11.5 Å². The molecule has 0 fully saturated rings. The molecule has 4 heterocycles. The summed E-state index contributed by atoms with van der Waals surface area (Å²) in [6.45, 7) is 11.2. The zero-order valence-corrected chi connectivity index (χ0v) is 36.1. The number of aromatic nitrogens is 4. The average molecular weight is 960 g/mol. The molecule has 0 radical (unpaired) electrons. The van der Waals surface area contributed by atoms with Crippen molar-refractivity contribution in [3.05, 3.63) is 169 Å². The van der Waals surface area contributed by atoms with Crippen LogP contribution in [0.25, 0.3) is 88.6 Å². The Kier molecular flexibility index (Phi) is 9.22. The van der Waals surface area contributed by atoms with Crippen LogP contribution in [0.1, 0.15) is 56.2 Å². The van der Waals surface area contributed by atoms with E-state index >= 15 is 0 Å². The van der Waals surface area contributed by atoms with Crippen LogP contribution in [0.2, 0.25) is 0 Å². The minimum Gasteiger partial charge on any atom is -0.497 e. The van der Waals surface area contributed by atoms with Crippen molar-refractivity contribution in [2.24, 2.45) is 0 Å². The fourth-order valence-electron chi connectivity index (χ4n) is 8.90. The van der Waals surface area contributed by atoms with Gasteiger partial charge < -0.3 is 18.1 Å². The second-order valence-corrected chi connectivity index (χ2v) is 16.1. The molecule has 0 spiro atoms. The molecule has 294 valence electrons. The van der Waals surface area contributed by atoms with Crippen molar-refractivity contribution in [3.63, 3.8) is 0 Å². The molecule has 11 aromatic rings. The minimum absolute atomic E-state index is 0. The van der Waals surface area contributed by atoms with Crippen LogP contribution >= 0.6 is 0 Å². The molecule has 0 atom stereocenters. The molecule has 0 unspecified atom stereocenters. The van der Waals surface area contributed by atoms with Gasteiger partial charge in [0.2, 0.25) is 0 Å². The van der Waals surface area contributed by atoms with Crippen LogP contribution in [-0.4, -0.2) is 18.9 Å². The number of hydrogen-bond donors (Lipinski definition) is 0. The number of ether oxygens (including phenoxy) is 1. The first-order valence-electron chi connectivity index (χ1n) is 20.3. The molecule has 0 aliphatic carbocycles. The Labute approximate surface area is 362 Å². The smallest absolute Gasteiger partial charge is 0.497 e. The zero-order valence-electron chi connectivity index (χ0n) is 33.9. The maximum atomic E-state index is 6.67. The third-order valence-corrected chi connectivity index (χ3v) is 11.7. The molecule has 0 saturated carbocycles. The van der Waals surface area contributed by atoms with Gasteiger partial charge in [-0.05, 0) is 94.4 Å². The number of hydrogen-bond acceptors (Lipinski definition) is 4. The molecule has 60 heavy (non-hydrogen) atoms. The summed E-state index contributed by atoms with van der Waals surface area (Å²) in [4.78, 5) is 10.6. The van der Waals surface area contributed by atoms with Crippen molar-refractivity contribution >= 4 is 60.4 Å². The first kappa shape index (κ1) is 37.8. The number of para-hydroxylation sites is 3. The Morgan fingerprint density at radius 3 is 2.13 bits per heavy atom. The van der Waals surface area contributed by atoms with E-state index in [0.717, 1.165) is 77.3 Å². The van der Waals surface area contributed by atoms with Crippen molar-refractivity contribution in [2.45, 2.75) is 46.5 Å². The molecule has 0 amide bonds. The Bertz CT molecular complexity index is 3420. The number of rotatable bonds is 7. The van der Waals surface area contributed by atoms with E-state index in [0.29, 0.717) is 11.5 Å². The Morgan fingerprint density at radius 1 is 0.633 bits per heavy atom. The largest absolute Gasteiger partial charge is 2.00 e. The summed E-state index contributed by atoms with van der Waals surface area (Å²) in [6.07, 6.45) is 1.73. The number of furan rings is 1. The third kappa shape index (κ3) is 5.96. The quantitative estimate of drug-likeness (QED) is 0.118. The van der Waals surface area contributed by atoms with Crippen molar-refractivity contribution < 1.29 is 30.2 Å². The molecular weight excluding hydrogens is 920 g/mol. The van der Waals surface area contributed by atoms with Crippen LogP contribution < -0.4 is 4.74 Å². The number of fused-ring (bicyclic) bond motifs is 11. The van der Waals surface area contributed by atoms with E-state index in [-0.39, 0.29) is 32.9 Å². The molecule has 0 bridgehead atoms. The van der Waals surface area contributed by atoms with E-state index in [1.54, 1.807) is 6.26 Å². The second kappa shape index (κ2) is 14.7. The summed E-state index contributed by atoms with van der Waals surface area (Å²) in [6, 6.07) is 53.8. The second-order valence-electron chi connectivity index (χ2n) is 16.1. The third-order valence-electron chi connectivity index (χ3n) is 11.7. The van der Waals surface area contributed by atoms with Crippen LogP contribution in [0.4, 0.5) is 0 Å². The fraction of sp³-hybridized carbons (Fsp3) is 0.132. The van der Waals surface area contributed by atoms with Gasteiger partial charge in [-0.2, -0.15) is 0 Å². The van der Waals surface area contributed by atoms with Gasteiger partial charge in [-0.1, -0.05) is 117 Å². The standard InChI is InChI=1S/C53H40N4O2.Pt/c1-31(2)42-28-36(34-14-7-6-8-15-34)29-43(32(3)4)51(42)57-47-21-12-10-19-45(47)54-52(57)35-16-13-17-37(27-35)59-38-22-23-39-40-18-9-11-20-46(40)56-50-33(5)26-48-41(24-25-58-48)49(50)55-53(56)44(39)30-38;/h6-26,28-29,31-32H,1-5H3;/q-2;+2. The monoisotopic (exact) mass is 959 g/mol. The molecular formula is C53H40N4O2Pt. The van der Waals surface area contributed by atoms with Crippen LogP contribution in [0.15, 0.2) is 144 Å². The fourth-order valence-corrected chi connectivity index (χ4v) is 8.90. The summed E-state index contributed by atoms with van der Waals surface area (Å²) >= 11 is 0. The van der Waals surface area contributed by atoms with Gasteiger partial charge in [-0.15, -0.1) is 29.8 Å². The molecule has 6 nitrogen and oxygen atoms in total. The van der Waals surface area contributed by atoms with Gasteiger partial charge in [-0.3, -0.25) is 9.97 Å². The van der Waals surface area contributed by atoms with Gasteiger partial charge in [0.05, 0.1) is 39.8 Å². The predicted molar refractivity (Wildman–Crippen MR) is 240 cm³/mol. The molecule has 0 saturated heterocycles. The summed E-state index contributed by atoms with van der Waals surface area (Å²) in [5.74, 6) is 2.48. The van der Waals surface area contributed by atoms with Crippen molar-refractivity contribution in [2.75, 3.05) is 0 Å². The molecule has 0 aliphatic heterocycles. The number of imidazole rings is 2. The Balaban J connectivity index is 0.00000433. The number of benzene rings is 7. The van der Waals surface area contributed by atoms with Crippen molar-refractivity contribution in [1.82, 2.24) is 18.9 Å². The Hall–Kier alpha value is -6.49. The molecule has 0 N–H and O–H groups in total. The minimum atomic E-state index is 0. The summed E-state index contributed by atoms with van der Waals surface area (Å²) in [5, 5.41) is 4.05. The number of nitrogens with zero attached hydrogens (tertiary/aromatic N) is 4. The van der Waals surface area contributed by atoms with Gasteiger partial charge in [0.15, 0.2) is 0 Å². The first-order chi connectivity index (χ1) is 28.8.